The lowest BCUT2D eigenvalue weighted by atomic mass is 10.1. The molecule has 0 aliphatic carbocycles. The second-order valence-electron chi connectivity index (χ2n) is 5.78. The van der Waals surface area contributed by atoms with Gasteiger partial charge in [-0.2, -0.15) is 0 Å². The third-order valence-electron chi connectivity index (χ3n) is 3.31. The highest BCUT2D eigenvalue weighted by molar-refractivity contribution is 7.92. The van der Waals surface area contributed by atoms with Gasteiger partial charge in [0.2, 0.25) is 19.3 Å². The molecule has 0 atom stereocenters. The first-order chi connectivity index (χ1) is 10.3. The summed E-state index contributed by atoms with van der Waals surface area (Å²) in [7, 11) is -3.47. The van der Waals surface area contributed by atoms with Crippen LogP contribution in [0.15, 0.2) is 22.5 Å². The van der Waals surface area contributed by atoms with Crippen molar-refractivity contribution in [3.63, 3.8) is 0 Å². The number of aromatic nitrogens is 2. The van der Waals surface area contributed by atoms with Crippen molar-refractivity contribution in [2.75, 3.05) is 11.9 Å². The Balaban J connectivity index is 2.20. The topological polar surface area (TPSA) is 72.0 Å². The fourth-order valence-corrected chi connectivity index (χ4v) is 4.56. The van der Waals surface area contributed by atoms with E-state index in [1.165, 1.54) is 0 Å². The van der Waals surface area contributed by atoms with Crippen molar-refractivity contribution in [1.82, 2.24) is 10.2 Å². The van der Waals surface area contributed by atoms with Gasteiger partial charge in [0.05, 0.1) is 5.75 Å². The van der Waals surface area contributed by atoms with Crippen LogP contribution in [0.4, 0.5) is 5.13 Å². The van der Waals surface area contributed by atoms with E-state index in [2.05, 4.69) is 29.4 Å². The second kappa shape index (κ2) is 6.75. The first-order valence-electron chi connectivity index (χ1n) is 7.15. The Kier molecular flexibility index (Phi) is 5.18. The van der Waals surface area contributed by atoms with Gasteiger partial charge >= 0.3 is 0 Å². The molecule has 0 aliphatic heterocycles. The number of aryl methyl sites for hydroxylation is 2. The fraction of sp³-hybridized carbons (Fsp3) is 0.467. The van der Waals surface area contributed by atoms with Gasteiger partial charge in [-0.15, -0.1) is 10.2 Å². The van der Waals surface area contributed by atoms with Crippen LogP contribution in [0.2, 0.25) is 0 Å². The summed E-state index contributed by atoms with van der Waals surface area (Å²) in [5.74, 6) is 0.420. The third kappa shape index (κ3) is 4.04. The van der Waals surface area contributed by atoms with Crippen LogP contribution in [0.25, 0.3) is 0 Å². The molecule has 1 aromatic heterocycles. The Morgan fingerprint density at radius 1 is 1.18 bits per heavy atom. The summed E-state index contributed by atoms with van der Waals surface area (Å²) in [6.45, 7) is 8.74. The molecule has 0 aliphatic rings. The van der Waals surface area contributed by atoms with Gasteiger partial charge in [-0.25, -0.2) is 8.42 Å². The standard InChI is InChI=1S/C15H21N3O2S2/c1-10(2)8-16-14-17-18-15(21-14)22(19,20)9-13-11(3)6-5-7-12(13)4/h5-7,10H,8-9H2,1-4H3,(H,16,17). The molecule has 0 amide bonds. The van der Waals surface area contributed by atoms with Crippen LogP contribution in [0.1, 0.15) is 30.5 Å². The molecule has 0 radical (unpaired) electrons. The average Bonchev–Trinajstić information content (AvgIpc) is 2.90. The number of hydrogen-bond acceptors (Lipinski definition) is 6. The zero-order valence-corrected chi connectivity index (χ0v) is 14.9. The minimum Gasteiger partial charge on any atom is -0.360 e. The van der Waals surface area contributed by atoms with Gasteiger partial charge in [0.1, 0.15) is 0 Å². The van der Waals surface area contributed by atoms with Gasteiger partial charge in [0.15, 0.2) is 0 Å². The van der Waals surface area contributed by atoms with Crippen LogP contribution in [0.3, 0.4) is 0 Å². The molecule has 2 aromatic rings. The van der Waals surface area contributed by atoms with Crippen LogP contribution in [-0.4, -0.2) is 25.2 Å². The predicted molar refractivity (Wildman–Crippen MR) is 90.0 cm³/mol. The maximum absolute atomic E-state index is 12.5. The quantitative estimate of drug-likeness (QED) is 0.875. The van der Waals surface area contributed by atoms with E-state index >= 15 is 0 Å². The van der Waals surface area contributed by atoms with E-state index in [1.807, 2.05) is 32.0 Å². The molecule has 2 rings (SSSR count). The summed E-state index contributed by atoms with van der Waals surface area (Å²) in [6, 6.07) is 5.78. The van der Waals surface area contributed by atoms with E-state index in [1.54, 1.807) is 0 Å². The first kappa shape index (κ1) is 16.9. The number of nitrogens with zero attached hydrogens (tertiary/aromatic N) is 2. The molecule has 0 bridgehead atoms. The van der Waals surface area contributed by atoms with Crippen molar-refractivity contribution in [3.8, 4) is 0 Å². The Bertz CT molecular complexity index is 732. The summed E-state index contributed by atoms with van der Waals surface area (Å²) in [4.78, 5) is 0. The van der Waals surface area contributed by atoms with Crippen LogP contribution >= 0.6 is 11.3 Å². The minimum atomic E-state index is -3.47. The lowest BCUT2D eigenvalue weighted by Gasteiger charge is -2.08. The molecule has 1 N–H and O–H groups in total. The van der Waals surface area contributed by atoms with Gasteiger partial charge < -0.3 is 5.32 Å². The van der Waals surface area contributed by atoms with Crippen LogP contribution in [0.5, 0.6) is 0 Å². The number of sulfone groups is 1. The largest absolute Gasteiger partial charge is 0.360 e. The third-order valence-corrected chi connectivity index (χ3v) is 6.28. The van der Waals surface area contributed by atoms with Gasteiger partial charge in [0, 0.05) is 6.54 Å². The number of rotatable bonds is 6. The van der Waals surface area contributed by atoms with Crippen LogP contribution in [0, 0.1) is 19.8 Å². The smallest absolute Gasteiger partial charge is 0.234 e. The summed E-state index contributed by atoms with van der Waals surface area (Å²) in [5.41, 5.74) is 2.80. The summed E-state index contributed by atoms with van der Waals surface area (Å²) >= 11 is 1.09. The number of hydrogen-bond donors (Lipinski definition) is 1. The van der Waals surface area contributed by atoms with Crippen molar-refractivity contribution >= 4 is 26.3 Å². The van der Waals surface area contributed by atoms with Gasteiger partial charge in [-0.1, -0.05) is 43.4 Å². The molecule has 120 valence electrons. The van der Waals surface area contributed by atoms with E-state index < -0.39 is 9.84 Å². The van der Waals surface area contributed by atoms with E-state index in [-0.39, 0.29) is 10.1 Å². The van der Waals surface area contributed by atoms with Crippen molar-refractivity contribution in [2.45, 2.75) is 37.8 Å². The van der Waals surface area contributed by atoms with Crippen LogP contribution < -0.4 is 5.32 Å². The summed E-state index contributed by atoms with van der Waals surface area (Å²) in [5, 5.41) is 11.4. The Morgan fingerprint density at radius 3 is 2.41 bits per heavy atom. The Labute approximate surface area is 135 Å². The zero-order chi connectivity index (χ0) is 16.3. The molecule has 7 heteroatoms. The van der Waals surface area contributed by atoms with Crippen molar-refractivity contribution in [2.24, 2.45) is 5.92 Å². The molecular formula is C15H21N3O2S2. The maximum atomic E-state index is 12.5. The molecule has 0 saturated heterocycles. The summed E-state index contributed by atoms with van der Waals surface area (Å²) < 4.78 is 25.1. The van der Waals surface area contributed by atoms with E-state index in [0.717, 1.165) is 34.6 Å². The Morgan fingerprint density at radius 2 is 1.82 bits per heavy atom. The molecule has 22 heavy (non-hydrogen) atoms. The maximum Gasteiger partial charge on any atom is 0.234 e. The average molecular weight is 339 g/mol. The van der Waals surface area contributed by atoms with Crippen LogP contribution in [-0.2, 0) is 15.6 Å². The SMILES string of the molecule is Cc1cccc(C)c1CS(=O)(=O)c1nnc(NCC(C)C)s1. The molecule has 0 unspecified atom stereocenters. The van der Waals surface area contributed by atoms with Crippen molar-refractivity contribution in [3.05, 3.63) is 34.9 Å². The van der Waals surface area contributed by atoms with E-state index in [0.29, 0.717) is 11.0 Å². The molecule has 0 spiro atoms. The Hall–Kier alpha value is -1.47. The van der Waals surface area contributed by atoms with Crippen molar-refractivity contribution < 1.29 is 8.42 Å². The lowest BCUT2D eigenvalue weighted by Crippen LogP contribution is -2.07. The molecular weight excluding hydrogens is 318 g/mol. The predicted octanol–water partition coefficient (Wildman–Crippen LogP) is 3.20. The monoisotopic (exact) mass is 339 g/mol. The molecule has 0 fully saturated rings. The molecule has 0 saturated carbocycles. The fourth-order valence-electron chi connectivity index (χ4n) is 2.03. The normalized spacial score (nSPS) is 11.9. The highest BCUT2D eigenvalue weighted by atomic mass is 32.2. The number of anilines is 1. The first-order valence-corrected chi connectivity index (χ1v) is 9.61. The van der Waals surface area contributed by atoms with Gasteiger partial charge in [-0.3, -0.25) is 0 Å². The van der Waals surface area contributed by atoms with Gasteiger partial charge in [-0.05, 0) is 36.5 Å². The summed E-state index contributed by atoms with van der Waals surface area (Å²) in [6.07, 6.45) is 0. The van der Waals surface area contributed by atoms with Gasteiger partial charge in [0.25, 0.3) is 0 Å². The second-order valence-corrected chi connectivity index (χ2v) is 8.92. The lowest BCUT2D eigenvalue weighted by molar-refractivity contribution is 0.593. The minimum absolute atomic E-state index is 0.0374. The molecule has 1 aromatic carbocycles. The molecule has 5 nitrogen and oxygen atoms in total. The van der Waals surface area contributed by atoms with Crippen molar-refractivity contribution in [1.29, 1.82) is 0 Å². The number of benzene rings is 1. The number of nitrogens with one attached hydrogen (secondary N) is 1. The zero-order valence-electron chi connectivity index (χ0n) is 13.3. The van der Waals surface area contributed by atoms with E-state index in [4.69, 9.17) is 0 Å². The van der Waals surface area contributed by atoms with E-state index in [9.17, 15) is 8.42 Å². The molecule has 1 heterocycles. The highest BCUT2D eigenvalue weighted by Gasteiger charge is 2.22. The highest BCUT2D eigenvalue weighted by Crippen LogP contribution is 2.25.